The number of anilines is 2. The maximum Gasteiger partial charge on any atom is 0.348 e. The Hall–Kier alpha value is -3.70. The summed E-state index contributed by atoms with van der Waals surface area (Å²) < 4.78 is 37.9. The van der Waals surface area contributed by atoms with Gasteiger partial charge >= 0.3 is 11.9 Å². The minimum Gasteiger partial charge on any atom is -0.462 e. The van der Waals surface area contributed by atoms with Crippen LogP contribution < -0.4 is 10.0 Å². The van der Waals surface area contributed by atoms with Gasteiger partial charge in [0.2, 0.25) is 0 Å². The number of ether oxygens (including phenoxy) is 2. The van der Waals surface area contributed by atoms with Crippen molar-refractivity contribution >= 4 is 49.9 Å². The first-order valence-corrected chi connectivity index (χ1v) is 12.5. The standard InChI is InChI=1S/C23H22N2O7S2/c1-3-31-22(27)15-8-10-17(11-9-15)25-34(29,30)18-7-5-6-16(14-18)21(26)24-20-13-12-19(33-20)23(28)32-4-2/h5-14,25H,3-4H2,1-2H3,(H,24,26). The van der Waals surface area contributed by atoms with Crippen molar-refractivity contribution in [2.24, 2.45) is 0 Å². The van der Waals surface area contributed by atoms with Crippen LogP contribution in [-0.2, 0) is 19.5 Å². The average molecular weight is 503 g/mol. The van der Waals surface area contributed by atoms with E-state index in [2.05, 4.69) is 10.0 Å². The highest BCUT2D eigenvalue weighted by Gasteiger charge is 2.18. The van der Waals surface area contributed by atoms with E-state index in [-0.39, 0.29) is 29.4 Å². The van der Waals surface area contributed by atoms with Crippen molar-refractivity contribution in [3.05, 3.63) is 76.7 Å². The molecule has 1 heterocycles. The topological polar surface area (TPSA) is 128 Å². The molecule has 3 aromatic rings. The second kappa shape index (κ2) is 10.9. The lowest BCUT2D eigenvalue weighted by atomic mass is 10.2. The number of hydrogen-bond acceptors (Lipinski definition) is 8. The van der Waals surface area contributed by atoms with E-state index >= 15 is 0 Å². The number of hydrogen-bond donors (Lipinski definition) is 2. The fourth-order valence-electron chi connectivity index (χ4n) is 2.81. The molecule has 0 aliphatic rings. The van der Waals surface area contributed by atoms with Crippen LogP contribution in [0.25, 0.3) is 0 Å². The molecule has 0 bridgehead atoms. The van der Waals surface area contributed by atoms with Gasteiger partial charge in [0.25, 0.3) is 15.9 Å². The summed E-state index contributed by atoms with van der Waals surface area (Å²) in [4.78, 5) is 36.4. The molecule has 0 atom stereocenters. The number of nitrogens with one attached hydrogen (secondary N) is 2. The number of carbonyl (C=O) groups is 3. The monoisotopic (exact) mass is 502 g/mol. The molecule has 1 aromatic heterocycles. The van der Waals surface area contributed by atoms with Crippen LogP contribution >= 0.6 is 11.3 Å². The molecule has 2 N–H and O–H groups in total. The Morgan fingerprint density at radius 1 is 0.853 bits per heavy atom. The number of rotatable bonds is 9. The second-order valence-electron chi connectivity index (χ2n) is 6.77. The van der Waals surface area contributed by atoms with Crippen molar-refractivity contribution in [2.75, 3.05) is 23.3 Å². The van der Waals surface area contributed by atoms with Crippen molar-refractivity contribution < 1.29 is 32.3 Å². The van der Waals surface area contributed by atoms with E-state index in [4.69, 9.17) is 9.47 Å². The van der Waals surface area contributed by atoms with Gasteiger partial charge in [-0.2, -0.15) is 0 Å². The lowest BCUT2D eigenvalue weighted by Gasteiger charge is -2.10. The van der Waals surface area contributed by atoms with Gasteiger partial charge in [0.1, 0.15) is 4.88 Å². The van der Waals surface area contributed by atoms with E-state index in [1.54, 1.807) is 19.9 Å². The molecular weight excluding hydrogens is 480 g/mol. The molecule has 3 rings (SSSR count). The molecule has 0 fully saturated rings. The van der Waals surface area contributed by atoms with Crippen LogP contribution in [0.5, 0.6) is 0 Å². The van der Waals surface area contributed by atoms with Crippen molar-refractivity contribution in [2.45, 2.75) is 18.7 Å². The molecule has 0 aliphatic heterocycles. The van der Waals surface area contributed by atoms with E-state index in [0.717, 1.165) is 11.3 Å². The lowest BCUT2D eigenvalue weighted by Crippen LogP contribution is -2.15. The third kappa shape index (κ3) is 6.21. The molecule has 9 nitrogen and oxygen atoms in total. The minimum atomic E-state index is -4.00. The van der Waals surface area contributed by atoms with Gasteiger partial charge in [0.05, 0.1) is 28.7 Å². The first-order chi connectivity index (χ1) is 16.2. The van der Waals surface area contributed by atoms with Crippen LogP contribution in [0, 0.1) is 0 Å². The van der Waals surface area contributed by atoms with E-state index in [1.165, 1.54) is 54.6 Å². The average Bonchev–Trinajstić information content (AvgIpc) is 3.28. The highest BCUT2D eigenvalue weighted by Crippen LogP contribution is 2.24. The SMILES string of the molecule is CCOC(=O)c1ccc(NS(=O)(=O)c2cccc(C(=O)Nc3ccc(C(=O)OCC)s3)c2)cc1. The molecule has 1 amide bonds. The number of benzene rings is 2. The summed E-state index contributed by atoms with van der Waals surface area (Å²) in [6.45, 7) is 3.86. The first-order valence-electron chi connectivity index (χ1n) is 10.2. The highest BCUT2D eigenvalue weighted by molar-refractivity contribution is 7.92. The minimum absolute atomic E-state index is 0.117. The van der Waals surface area contributed by atoms with E-state index in [9.17, 15) is 22.8 Å². The van der Waals surface area contributed by atoms with Crippen molar-refractivity contribution in [1.29, 1.82) is 0 Å². The van der Waals surface area contributed by atoms with Gasteiger partial charge in [-0.05, 0) is 68.4 Å². The molecule has 11 heteroatoms. The maximum atomic E-state index is 12.8. The summed E-state index contributed by atoms with van der Waals surface area (Å²) in [6, 6.07) is 14.4. The van der Waals surface area contributed by atoms with Crippen LogP contribution in [0.1, 0.15) is 44.2 Å². The van der Waals surface area contributed by atoms with Gasteiger partial charge < -0.3 is 14.8 Å². The predicted molar refractivity (Wildman–Crippen MR) is 128 cm³/mol. The Morgan fingerprint density at radius 3 is 2.21 bits per heavy atom. The predicted octanol–water partition coefficient (Wildman–Crippen LogP) is 4.15. The Balaban J connectivity index is 1.71. The molecule has 0 saturated heterocycles. The normalized spacial score (nSPS) is 10.9. The molecular formula is C23H22N2O7S2. The summed E-state index contributed by atoms with van der Waals surface area (Å²) >= 11 is 1.05. The largest absolute Gasteiger partial charge is 0.462 e. The maximum absolute atomic E-state index is 12.8. The number of sulfonamides is 1. The molecule has 0 spiro atoms. The van der Waals surface area contributed by atoms with Crippen LogP contribution in [0.3, 0.4) is 0 Å². The lowest BCUT2D eigenvalue weighted by molar-refractivity contribution is 0.0519. The zero-order valence-corrected chi connectivity index (χ0v) is 20.0. The van der Waals surface area contributed by atoms with Crippen LogP contribution in [0.2, 0.25) is 0 Å². The zero-order chi connectivity index (χ0) is 24.7. The fraction of sp³-hybridized carbons (Fsp3) is 0.174. The number of esters is 2. The van der Waals surface area contributed by atoms with Gasteiger partial charge in [-0.15, -0.1) is 11.3 Å². The molecule has 0 saturated carbocycles. The van der Waals surface area contributed by atoms with E-state index in [0.29, 0.717) is 15.4 Å². The number of thiophene rings is 1. The van der Waals surface area contributed by atoms with Crippen LogP contribution in [0.15, 0.2) is 65.6 Å². The van der Waals surface area contributed by atoms with Gasteiger partial charge in [0, 0.05) is 11.3 Å². The van der Waals surface area contributed by atoms with Gasteiger partial charge in [0.15, 0.2) is 0 Å². The van der Waals surface area contributed by atoms with Crippen LogP contribution in [0.4, 0.5) is 10.7 Å². The van der Waals surface area contributed by atoms with E-state index < -0.39 is 27.9 Å². The third-order valence-corrected chi connectivity index (χ3v) is 6.73. The molecule has 2 aromatic carbocycles. The zero-order valence-electron chi connectivity index (χ0n) is 18.4. The summed E-state index contributed by atoms with van der Waals surface area (Å²) in [5, 5.41) is 3.06. The second-order valence-corrected chi connectivity index (χ2v) is 9.54. The van der Waals surface area contributed by atoms with Crippen LogP contribution in [-0.4, -0.2) is 39.5 Å². The molecule has 0 radical (unpaired) electrons. The van der Waals surface area contributed by atoms with Gasteiger partial charge in [-0.1, -0.05) is 6.07 Å². The molecule has 0 aliphatic carbocycles. The van der Waals surface area contributed by atoms with Gasteiger partial charge in [-0.25, -0.2) is 18.0 Å². The third-order valence-electron chi connectivity index (χ3n) is 4.37. The summed E-state index contributed by atoms with van der Waals surface area (Å²) in [6.07, 6.45) is 0. The quantitative estimate of drug-likeness (QED) is 0.421. The van der Waals surface area contributed by atoms with Crippen molar-refractivity contribution in [3.63, 3.8) is 0 Å². The molecule has 178 valence electrons. The molecule has 34 heavy (non-hydrogen) atoms. The van der Waals surface area contributed by atoms with Crippen molar-refractivity contribution in [1.82, 2.24) is 0 Å². The number of amides is 1. The molecule has 0 unspecified atom stereocenters. The Bertz CT molecular complexity index is 1300. The first kappa shape index (κ1) is 24.9. The highest BCUT2D eigenvalue weighted by atomic mass is 32.2. The Morgan fingerprint density at radius 2 is 1.53 bits per heavy atom. The Kier molecular flexibility index (Phi) is 8.03. The van der Waals surface area contributed by atoms with Gasteiger partial charge in [-0.3, -0.25) is 9.52 Å². The summed E-state index contributed by atoms with van der Waals surface area (Å²) in [5.74, 6) is -1.52. The summed E-state index contributed by atoms with van der Waals surface area (Å²) in [5.41, 5.74) is 0.655. The fourth-order valence-corrected chi connectivity index (χ4v) is 4.71. The Labute approximate surface area is 200 Å². The van der Waals surface area contributed by atoms with E-state index in [1.807, 2.05) is 0 Å². The summed E-state index contributed by atoms with van der Waals surface area (Å²) in [7, 11) is -4.00. The van der Waals surface area contributed by atoms with Crippen molar-refractivity contribution in [3.8, 4) is 0 Å². The smallest absolute Gasteiger partial charge is 0.348 e. The number of carbonyl (C=O) groups excluding carboxylic acids is 3.